The van der Waals surface area contributed by atoms with Gasteiger partial charge in [0, 0.05) is 6.54 Å². The van der Waals surface area contributed by atoms with Crippen LogP contribution in [-0.4, -0.2) is 26.2 Å². The summed E-state index contributed by atoms with van der Waals surface area (Å²) in [5.41, 5.74) is 3.75. The first kappa shape index (κ1) is 20.0. The zero-order valence-electron chi connectivity index (χ0n) is 15.7. The van der Waals surface area contributed by atoms with Crippen LogP contribution in [0.2, 0.25) is 0 Å². The number of amides is 1. The van der Waals surface area contributed by atoms with Gasteiger partial charge >= 0.3 is 6.09 Å². The lowest BCUT2D eigenvalue weighted by Crippen LogP contribution is -2.25. The summed E-state index contributed by atoms with van der Waals surface area (Å²) in [6.45, 7) is 2.02. The Morgan fingerprint density at radius 3 is 2.12 bits per heavy atom. The topological polar surface area (TPSA) is 50.4 Å². The standard InChI is InChI=1S/C22H30N2O2/c1-23-16-7-11-20-14-12-19(13-15-20)8-5-6-17-24-22(25)26-18-21-9-3-2-4-10-21/h2-4,9-10,12-15,23H,5-8,11,16-18H2,1H3,(H,24,25). The average molecular weight is 354 g/mol. The fourth-order valence-electron chi connectivity index (χ4n) is 2.76. The van der Waals surface area contributed by atoms with Crippen molar-refractivity contribution in [3.05, 3.63) is 71.3 Å². The largest absolute Gasteiger partial charge is 0.445 e. The molecule has 2 aromatic rings. The average Bonchev–Trinajstić information content (AvgIpc) is 2.68. The van der Waals surface area contributed by atoms with E-state index in [1.54, 1.807) is 0 Å². The highest BCUT2D eigenvalue weighted by Crippen LogP contribution is 2.09. The molecule has 1 amide bonds. The Labute approximate surface area is 157 Å². The third-order valence-electron chi connectivity index (χ3n) is 4.29. The van der Waals surface area contributed by atoms with Gasteiger partial charge in [-0.3, -0.25) is 0 Å². The fourth-order valence-corrected chi connectivity index (χ4v) is 2.76. The Morgan fingerprint density at radius 2 is 1.46 bits per heavy atom. The Bertz CT molecular complexity index is 626. The van der Waals surface area contributed by atoms with Gasteiger partial charge in [-0.1, -0.05) is 54.6 Å². The van der Waals surface area contributed by atoms with Crippen molar-refractivity contribution in [2.45, 2.75) is 38.7 Å². The van der Waals surface area contributed by atoms with Gasteiger partial charge in [0.25, 0.3) is 0 Å². The van der Waals surface area contributed by atoms with E-state index < -0.39 is 0 Å². The molecule has 0 heterocycles. The van der Waals surface area contributed by atoms with Crippen molar-refractivity contribution in [3.8, 4) is 0 Å². The Hall–Kier alpha value is -2.33. The second-order valence-electron chi connectivity index (χ2n) is 6.47. The predicted octanol–water partition coefficient (Wildman–Crippen LogP) is 4.09. The molecule has 0 atom stereocenters. The van der Waals surface area contributed by atoms with E-state index in [0.29, 0.717) is 13.2 Å². The molecular weight excluding hydrogens is 324 g/mol. The summed E-state index contributed by atoms with van der Waals surface area (Å²) >= 11 is 0. The maximum Gasteiger partial charge on any atom is 0.407 e. The van der Waals surface area contributed by atoms with Gasteiger partial charge in [-0.2, -0.15) is 0 Å². The number of rotatable bonds is 11. The Kier molecular flexibility index (Phi) is 9.30. The van der Waals surface area contributed by atoms with Gasteiger partial charge in [0.2, 0.25) is 0 Å². The molecule has 26 heavy (non-hydrogen) atoms. The molecular formula is C22H30N2O2. The molecule has 0 unspecified atom stereocenters. The summed E-state index contributed by atoms with van der Waals surface area (Å²) in [7, 11) is 1.99. The van der Waals surface area contributed by atoms with Crippen LogP contribution in [-0.2, 0) is 24.2 Å². The molecule has 0 aliphatic heterocycles. The number of ether oxygens (including phenoxy) is 1. The maximum absolute atomic E-state index is 11.7. The lowest BCUT2D eigenvalue weighted by atomic mass is 10.0. The zero-order chi connectivity index (χ0) is 18.5. The molecule has 0 saturated heterocycles. The first-order valence-electron chi connectivity index (χ1n) is 9.45. The first-order chi connectivity index (χ1) is 12.8. The minimum Gasteiger partial charge on any atom is -0.445 e. The van der Waals surface area contributed by atoms with E-state index in [2.05, 4.69) is 34.9 Å². The molecule has 0 fully saturated rings. The number of alkyl carbamates (subject to hydrolysis) is 1. The summed E-state index contributed by atoms with van der Waals surface area (Å²) in [5, 5.41) is 5.98. The van der Waals surface area contributed by atoms with Crippen LogP contribution in [0.15, 0.2) is 54.6 Å². The van der Waals surface area contributed by atoms with Crippen LogP contribution in [0.5, 0.6) is 0 Å². The summed E-state index contributed by atoms with van der Waals surface area (Å²) in [4.78, 5) is 11.7. The van der Waals surface area contributed by atoms with Gasteiger partial charge in [0.1, 0.15) is 6.61 Å². The van der Waals surface area contributed by atoms with Crippen molar-refractivity contribution < 1.29 is 9.53 Å². The fraction of sp³-hybridized carbons (Fsp3) is 0.409. The van der Waals surface area contributed by atoms with E-state index in [-0.39, 0.29) is 6.09 Å². The van der Waals surface area contributed by atoms with E-state index >= 15 is 0 Å². The van der Waals surface area contributed by atoms with Crippen molar-refractivity contribution >= 4 is 6.09 Å². The van der Waals surface area contributed by atoms with E-state index in [1.165, 1.54) is 17.5 Å². The van der Waals surface area contributed by atoms with Crippen LogP contribution in [0.25, 0.3) is 0 Å². The minimum atomic E-state index is -0.347. The Balaban J connectivity index is 1.53. The van der Waals surface area contributed by atoms with Crippen LogP contribution in [0.3, 0.4) is 0 Å². The normalized spacial score (nSPS) is 10.5. The lowest BCUT2D eigenvalue weighted by molar-refractivity contribution is 0.139. The number of carbonyl (C=O) groups is 1. The summed E-state index contributed by atoms with van der Waals surface area (Å²) < 4.78 is 5.19. The maximum atomic E-state index is 11.7. The van der Waals surface area contributed by atoms with Gasteiger partial charge in [-0.25, -0.2) is 4.79 Å². The SMILES string of the molecule is CNCCCc1ccc(CCCCNC(=O)OCc2ccccc2)cc1. The van der Waals surface area contributed by atoms with Crippen molar-refractivity contribution in [1.82, 2.24) is 10.6 Å². The molecule has 4 heteroatoms. The quantitative estimate of drug-likeness (QED) is 0.598. The first-order valence-corrected chi connectivity index (χ1v) is 9.45. The molecule has 2 aromatic carbocycles. The highest BCUT2D eigenvalue weighted by molar-refractivity contribution is 5.67. The summed E-state index contributed by atoms with van der Waals surface area (Å²) in [5.74, 6) is 0. The van der Waals surface area contributed by atoms with E-state index in [0.717, 1.165) is 37.8 Å². The minimum absolute atomic E-state index is 0.313. The van der Waals surface area contributed by atoms with Crippen LogP contribution in [0.1, 0.15) is 36.0 Å². The van der Waals surface area contributed by atoms with Crippen molar-refractivity contribution in [3.63, 3.8) is 0 Å². The zero-order valence-corrected chi connectivity index (χ0v) is 15.7. The smallest absolute Gasteiger partial charge is 0.407 e. The molecule has 4 nitrogen and oxygen atoms in total. The monoisotopic (exact) mass is 354 g/mol. The molecule has 0 aliphatic rings. The second kappa shape index (κ2) is 12.1. The number of hydrogen-bond donors (Lipinski definition) is 2. The summed E-state index contributed by atoms with van der Waals surface area (Å²) in [6, 6.07) is 18.6. The number of carbonyl (C=O) groups excluding carboxylic acids is 1. The molecule has 0 aliphatic carbocycles. The van der Waals surface area contributed by atoms with Gasteiger partial charge in [-0.15, -0.1) is 0 Å². The molecule has 140 valence electrons. The third kappa shape index (κ3) is 8.17. The molecule has 0 aromatic heterocycles. The number of nitrogens with one attached hydrogen (secondary N) is 2. The second-order valence-corrected chi connectivity index (χ2v) is 6.47. The van der Waals surface area contributed by atoms with E-state index in [4.69, 9.17) is 4.74 Å². The Morgan fingerprint density at radius 1 is 0.808 bits per heavy atom. The third-order valence-corrected chi connectivity index (χ3v) is 4.29. The van der Waals surface area contributed by atoms with Gasteiger partial charge < -0.3 is 15.4 Å². The van der Waals surface area contributed by atoms with E-state index in [1.807, 2.05) is 37.4 Å². The van der Waals surface area contributed by atoms with Crippen LogP contribution >= 0.6 is 0 Å². The molecule has 0 bridgehead atoms. The van der Waals surface area contributed by atoms with Crippen molar-refractivity contribution in [2.75, 3.05) is 20.1 Å². The predicted molar refractivity (Wildman–Crippen MR) is 106 cm³/mol. The van der Waals surface area contributed by atoms with Crippen LogP contribution in [0, 0.1) is 0 Å². The molecule has 2 rings (SSSR count). The van der Waals surface area contributed by atoms with Gasteiger partial charge in [0.15, 0.2) is 0 Å². The van der Waals surface area contributed by atoms with Crippen molar-refractivity contribution in [2.24, 2.45) is 0 Å². The van der Waals surface area contributed by atoms with E-state index in [9.17, 15) is 4.79 Å². The number of benzene rings is 2. The number of aryl methyl sites for hydroxylation is 2. The molecule has 0 spiro atoms. The highest BCUT2D eigenvalue weighted by atomic mass is 16.5. The van der Waals surface area contributed by atoms with Gasteiger partial charge in [0.05, 0.1) is 0 Å². The summed E-state index contributed by atoms with van der Waals surface area (Å²) in [6.07, 6.45) is 4.98. The lowest BCUT2D eigenvalue weighted by Gasteiger charge is -2.07. The van der Waals surface area contributed by atoms with Crippen molar-refractivity contribution in [1.29, 1.82) is 0 Å². The van der Waals surface area contributed by atoms with Crippen LogP contribution in [0.4, 0.5) is 4.79 Å². The molecule has 0 radical (unpaired) electrons. The number of unbranched alkanes of at least 4 members (excludes halogenated alkanes) is 1. The van der Waals surface area contributed by atoms with Crippen LogP contribution < -0.4 is 10.6 Å². The van der Waals surface area contributed by atoms with Gasteiger partial charge in [-0.05, 0) is 62.4 Å². The molecule has 2 N–H and O–H groups in total. The molecule has 0 saturated carbocycles. The number of hydrogen-bond acceptors (Lipinski definition) is 3. The highest BCUT2D eigenvalue weighted by Gasteiger charge is 2.02.